The van der Waals surface area contributed by atoms with Gasteiger partial charge in [-0.05, 0) is 26.0 Å². The van der Waals surface area contributed by atoms with Crippen molar-refractivity contribution in [2.24, 2.45) is 0 Å². The number of benzene rings is 1. The Morgan fingerprint density at radius 2 is 2.10 bits per heavy atom. The number of fused-ring (bicyclic) bond motifs is 1. The lowest BCUT2D eigenvalue weighted by Gasteiger charge is -2.15. The number of hydrogen-bond donors (Lipinski definition) is 1. The summed E-state index contributed by atoms with van der Waals surface area (Å²) in [6.45, 7) is 5.16. The number of carbonyl (C=O) groups is 1. The molecule has 0 aliphatic carbocycles. The van der Waals surface area contributed by atoms with Crippen LogP contribution in [0.5, 0.6) is 0 Å². The molecule has 5 heteroatoms. The molecule has 1 unspecified atom stereocenters. The van der Waals surface area contributed by atoms with Gasteiger partial charge in [-0.2, -0.15) is 0 Å². The molecule has 0 amide bonds. The fourth-order valence-corrected chi connectivity index (χ4v) is 2.30. The average molecular weight is 289 g/mol. The summed E-state index contributed by atoms with van der Waals surface area (Å²) in [4.78, 5) is 23.6. The van der Waals surface area contributed by atoms with E-state index in [2.05, 4.69) is 0 Å². The Kier molecular flexibility index (Phi) is 4.75. The van der Waals surface area contributed by atoms with E-state index in [9.17, 15) is 9.59 Å². The monoisotopic (exact) mass is 289 g/mol. The SMILES string of the molecule is CCOCCn1cc(C(C)C(=O)O)c(=O)c2ccccc21. The van der Waals surface area contributed by atoms with Crippen molar-refractivity contribution in [1.82, 2.24) is 4.57 Å². The molecule has 1 heterocycles. The number of pyridine rings is 1. The summed E-state index contributed by atoms with van der Waals surface area (Å²) in [5, 5.41) is 9.71. The second kappa shape index (κ2) is 6.54. The summed E-state index contributed by atoms with van der Waals surface area (Å²) in [6.07, 6.45) is 1.64. The van der Waals surface area contributed by atoms with Crippen LogP contribution in [-0.4, -0.2) is 28.9 Å². The Bertz CT molecular complexity index is 705. The van der Waals surface area contributed by atoms with Gasteiger partial charge in [-0.3, -0.25) is 9.59 Å². The Balaban J connectivity index is 2.58. The lowest BCUT2D eigenvalue weighted by molar-refractivity contribution is -0.138. The molecule has 0 spiro atoms. The van der Waals surface area contributed by atoms with Crippen LogP contribution in [0.3, 0.4) is 0 Å². The van der Waals surface area contributed by atoms with Crippen LogP contribution in [0.25, 0.3) is 10.9 Å². The van der Waals surface area contributed by atoms with Gasteiger partial charge < -0.3 is 14.4 Å². The number of rotatable bonds is 6. The molecule has 112 valence electrons. The maximum Gasteiger partial charge on any atom is 0.310 e. The Labute approximate surface area is 122 Å². The first-order valence-corrected chi connectivity index (χ1v) is 6.99. The molecule has 2 aromatic rings. The highest BCUT2D eigenvalue weighted by atomic mass is 16.5. The molecule has 1 aromatic carbocycles. The zero-order valence-corrected chi connectivity index (χ0v) is 12.2. The summed E-state index contributed by atoms with van der Waals surface area (Å²) >= 11 is 0. The van der Waals surface area contributed by atoms with Crippen LogP contribution in [-0.2, 0) is 16.1 Å². The number of hydrogen-bond acceptors (Lipinski definition) is 3. The van der Waals surface area contributed by atoms with Crippen molar-refractivity contribution in [3.05, 3.63) is 46.2 Å². The van der Waals surface area contributed by atoms with Crippen LogP contribution in [0.1, 0.15) is 25.3 Å². The normalized spacial score (nSPS) is 12.5. The third-order valence-electron chi connectivity index (χ3n) is 3.53. The molecular formula is C16H19NO4. The van der Waals surface area contributed by atoms with E-state index in [-0.39, 0.29) is 5.43 Å². The zero-order valence-electron chi connectivity index (χ0n) is 12.2. The number of aromatic nitrogens is 1. The number of carboxylic acid groups (broad SMARTS) is 1. The number of aliphatic carboxylic acids is 1. The van der Waals surface area contributed by atoms with Crippen molar-refractivity contribution in [3.8, 4) is 0 Å². The molecule has 5 nitrogen and oxygen atoms in total. The maximum atomic E-state index is 12.4. The van der Waals surface area contributed by atoms with Crippen molar-refractivity contribution in [3.63, 3.8) is 0 Å². The van der Waals surface area contributed by atoms with Gasteiger partial charge in [0.2, 0.25) is 0 Å². The number of ether oxygens (including phenoxy) is 1. The van der Waals surface area contributed by atoms with E-state index >= 15 is 0 Å². The van der Waals surface area contributed by atoms with Gasteiger partial charge in [-0.15, -0.1) is 0 Å². The molecule has 1 atom stereocenters. The molecule has 21 heavy (non-hydrogen) atoms. The predicted octanol–water partition coefficient (Wildman–Crippen LogP) is 2.23. The van der Waals surface area contributed by atoms with Gasteiger partial charge in [0.15, 0.2) is 5.43 Å². The van der Waals surface area contributed by atoms with Gasteiger partial charge in [0.05, 0.1) is 18.0 Å². The molecule has 0 bridgehead atoms. The van der Waals surface area contributed by atoms with E-state index in [1.165, 1.54) is 6.92 Å². The first-order valence-electron chi connectivity index (χ1n) is 6.99. The van der Waals surface area contributed by atoms with E-state index in [4.69, 9.17) is 9.84 Å². The topological polar surface area (TPSA) is 68.5 Å². The van der Waals surface area contributed by atoms with Gasteiger partial charge in [-0.1, -0.05) is 12.1 Å². The second-order valence-corrected chi connectivity index (χ2v) is 4.88. The van der Waals surface area contributed by atoms with Gasteiger partial charge in [0, 0.05) is 30.3 Å². The Hall–Kier alpha value is -2.14. The van der Waals surface area contributed by atoms with Crippen LogP contribution in [0.4, 0.5) is 0 Å². The van der Waals surface area contributed by atoms with Crippen LogP contribution in [0.15, 0.2) is 35.3 Å². The van der Waals surface area contributed by atoms with Crippen molar-refractivity contribution in [2.45, 2.75) is 26.3 Å². The number of carboxylic acids is 1. The minimum atomic E-state index is -1.00. The molecule has 1 N–H and O–H groups in total. The van der Waals surface area contributed by atoms with Gasteiger partial charge in [0.1, 0.15) is 0 Å². The molecule has 0 saturated carbocycles. The van der Waals surface area contributed by atoms with E-state index in [1.807, 2.05) is 23.6 Å². The van der Waals surface area contributed by atoms with Gasteiger partial charge in [-0.25, -0.2) is 0 Å². The molecule has 0 fully saturated rings. The Morgan fingerprint density at radius 3 is 2.76 bits per heavy atom. The van der Waals surface area contributed by atoms with E-state index in [0.29, 0.717) is 30.7 Å². The van der Waals surface area contributed by atoms with Crippen molar-refractivity contribution < 1.29 is 14.6 Å². The first kappa shape index (κ1) is 15.3. The quantitative estimate of drug-likeness (QED) is 0.828. The third kappa shape index (κ3) is 3.13. The van der Waals surface area contributed by atoms with Crippen LogP contribution in [0.2, 0.25) is 0 Å². The van der Waals surface area contributed by atoms with Crippen LogP contribution < -0.4 is 5.43 Å². The highest BCUT2D eigenvalue weighted by molar-refractivity contribution is 5.82. The predicted molar refractivity (Wildman–Crippen MR) is 80.8 cm³/mol. The largest absolute Gasteiger partial charge is 0.481 e. The van der Waals surface area contributed by atoms with E-state index < -0.39 is 11.9 Å². The van der Waals surface area contributed by atoms with Crippen molar-refractivity contribution in [1.29, 1.82) is 0 Å². The lowest BCUT2D eigenvalue weighted by atomic mass is 10.0. The molecule has 0 radical (unpaired) electrons. The van der Waals surface area contributed by atoms with Crippen molar-refractivity contribution in [2.75, 3.05) is 13.2 Å². The molecular weight excluding hydrogens is 270 g/mol. The van der Waals surface area contributed by atoms with Crippen LogP contribution in [0, 0.1) is 0 Å². The first-order chi connectivity index (χ1) is 10.1. The summed E-state index contributed by atoms with van der Waals surface area (Å²) in [5.74, 6) is -1.83. The highest BCUT2D eigenvalue weighted by Gasteiger charge is 2.19. The van der Waals surface area contributed by atoms with Gasteiger partial charge in [0.25, 0.3) is 0 Å². The zero-order chi connectivity index (χ0) is 15.4. The van der Waals surface area contributed by atoms with Gasteiger partial charge >= 0.3 is 5.97 Å². The lowest BCUT2D eigenvalue weighted by Crippen LogP contribution is -2.21. The maximum absolute atomic E-state index is 12.4. The van der Waals surface area contributed by atoms with E-state index in [1.54, 1.807) is 18.3 Å². The molecule has 0 aliphatic rings. The summed E-state index contributed by atoms with van der Waals surface area (Å²) in [7, 11) is 0. The van der Waals surface area contributed by atoms with Crippen LogP contribution >= 0.6 is 0 Å². The number of nitrogens with zero attached hydrogens (tertiary/aromatic N) is 1. The number of para-hydroxylation sites is 1. The van der Waals surface area contributed by atoms with E-state index in [0.717, 1.165) is 5.52 Å². The molecule has 0 aliphatic heterocycles. The minimum absolute atomic E-state index is 0.215. The molecule has 2 rings (SSSR count). The summed E-state index contributed by atoms with van der Waals surface area (Å²) in [6, 6.07) is 7.23. The summed E-state index contributed by atoms with van der Waals surface area (Å²) in [5.41, 5.74) is 0.884. The minimum Gasteiger partial charge on any atom is -0.481 e. The smallest absolute Gasteiger partial charge is 0.310 e. The fraction of sp³-hybridized carbons (Fsp3) is 0.375. The Morgan fingerprint density at radius 1 is 1.38 bits per heavy atom. The summed E-state index contributed by atoms with van der Waals surface area (Å²) < 4.78 is 7.24. The third-order valence-corrected chi connectivity index (χ3v) is 3.53. The average Bonchev–Trinajstić information content (AvgIpc) is 2.49. The molecule has 1 aromatic heterocycles. The van der Waals surface area contributed by atoms with Crippen molar-refractivity contribution >= 4 is 16.9 Å². The standard InChI is InChI=1S/C16H19NO4/c1-3-21-9-8-17-10-13(11(2)16(19)20)15(18)12-6-4-5-7-14(12)17/h4-7,10-11H,3,8-9H2,1-2H3,(H,19,20). The second-order valence-electron chi connectivity index (χ2n) is 4.88. The molecule has 0 saturated heterocycles. The highest BCUT2D eigenvalue weighted by Crippen LogP contribution is 2.17. The fourth-order valence-electron chi connectivity index (χ4n) is 2.30.